The summed E-state index contributed by atoms with van der Waals surface area (Å²) in [5, 5.41) is 0. The van der Waals surface area contributed by atoms with Crippen LogP contribution in [0.3, 0.4) is 0 Å². The van der Waals surface area contributed by atoms with Gasteiger partial charge in [-0.15, -0.1) is 11.4 Å². The summed E-state index contributed by atoms with van der Waals surface area (Å²) in [5.41, 5.74) is 1.83. The molecule has 1 rings (SSSR count). The summed E-state index contributed by atoms with van der Waals surface area (Å²) in [6.45, 7) is 5.72. The van der Waals surface area contributed by atoms with Crippen molar-refractivity contribution in [3.05, 3.63) is 30.7 Å². The third-order valence-corrected chi connectivity index (χ3v) is 1.02. The number of aryl methyl sites for hydroxylation is 3. The second-order valence-corrected chi connectivity index (χ2v) is 2.07. The van der Waals surface area contributed by atoms with Crippen molar-refractivity contribution in [1.29, 1.82) is 0 Å². The normalized spacial score (nSPS) is 7.91. The fourth-order valence-corrected chi connectivity index (χ4v) is 0.828. The largest absolute Gasteiger partial charge is 3.00 e. The van der Waals surface area contributed by atoms with Crippen LogP contribution in [0.5, 0.6) is 0 Å². The van der Waals surface area contributed by atoms with E-state index in [2.05, 4.69) is 16.0 Å². The summed E-state index contributed by atoms with van der Waals surface area (Å²) in [7, 11) is 0. The van der Waals surface area contributed by atoms with Gasteiger partial charge in [0.25, 0.3) is 0 Å². The standard InChI is InChI=1S/C7H9N2.CH3.Y/c1-5-4-6(2)9-7(3)8-5;;/h1-3H3;1H3;/q2*-1;+3. The number of nitrogens with zero attached hydrogens (tertiary/aromatic N) is 2. The Kier molecular flexibility index (Phi) is 7.23. The smallest absolute Gasteiger partial charge is 0.427 e. The predicted molar refractivity (Wildman–Crippen MR) is 41.5 cm³/mol. The maximum Gasteiger partial charge on any atom is 3.00 e. The van der Waals surface area contributed by atoms with Crippen LogP contribution in [0.15, 0.2) is 0 Å². The van der Waals surface area contributed by atoms with Crippen molar-refractivity contribution in [2.24, 2.45) is 0 Å². The van der Waals surface area contributed by atoms with Crippen molar-refractivity contribution in [1.82, 2.24) is 9.97 Å². The van der Waals surface area contributed by atoms with Crippen LogP contribution in [0.1, 0.15) is 17.2 Å². The molecule has 0 aromatic carbocycles. The number of aromatic nitrogens is 2. The molecule has 0 saturated heterocycles. The molecule has 0 spiro atoms. The quantitative estimate of drug-likeness (QED) is 0.627. The molecule has 1 aromatic rings. The minimum Gasteiger partial charge on any atom is -0.427 e. The van der Waals surface area contributed by atoms with Gasteiger partial charge >= 0.3 is 32.7 Å². The van der Waals surface area contributed by atoms with Crippen molar-refractivity contribution >= 4 is 0 Å². The van der Waals surface area contributed by atoms with Gasteiger partial charge in [-0.3, -0.25) is 9.97 Å². The molecular weight excluding hydrogens is 213 g/mol. The van der Waals surface area contributed by atoms with Crippen LogP contribution in [0.4, 0.5) is 0 Å². The molecule has 3 heteroatoms. The third kappa shape index (κ3) is 4.59. The first kappa shape index (κ1) is 13.8. The van der Waals surface area contributed by atoms with Gasteiger partial charge < -0.3 is 13.5 Å². The number of rotatable bonds is 0. The van der Waals surface area contributed by atoms with E-state index in [0.717, 1.165) is 17.2 Å². The van der Waals surface area contributed by atoms with Crippen LogP contribution in [-0.4, -0.2) is 9.97 Å². The molecule has 0 radical (unpaired) electrons. The van der Waals surface area contributed by atoms with E-state index in [-0.39, 0.29) is 40.1 Å². The second-order valence-electron chi connectivity index (χ2n) is 2.07. The van der Waals surface area contributed by atoms with E-state index >= 15 is 0 Å². The zero-order valence-corrected chi connectivity index (χ0v) is 10.3. The predicted octanol–water partition coefficient (Wildman–Crippen LogP) is 1.65. The van der Waals surface area contributed by atoms with Gasteiger partial charge in [-0.25, -0.2) is 0 Å². The summed E-state index contributed by atoms with van der Waals surface area (Å²) in [6, 6.07) is 2.99. The molecule has 11 heavy (non-hydrogen) atoms. The Hall–Kier alpha value is 0.184. The maximum atomic E-state index is 4.07. The van der Waals surface area contributed by atoms with Gasteiger partial charge in [0.05, 0.1) is 0 Å². The SMILES string of the molecule is Cc1[c-]c(C)nc(C)n1.[CH3-].[Y+3]. The molecule has 0 amide bonds. The molecule has 0 saturated carbocycles. The first-order valence-electron chi connectivity index (χ1n) is 2.89. The van der Waals surface area contributed by atoms with E-state index in [9.17, 15) is 0 Å². The molecule has 56 valence electrons. The second kappa shape index (κ2) is 5.79. The Morgan fingerprint density at radius 1 is 1.00 bits per heavy atom. The first-order valence-corrected chi connectivity index (χ1v) is 2.89. The molecule has 0 aliphatic heterocycles. The zero-order valence-electron chi connectivity index (χ0n) is 7.47. The Balaban J connectivity index is 0. The summed E-state index contributed by atoms with van der Waals surface area (Å²) in [4.78, 5) is 8.14. The molecule has 0 N–H and O–H groups in total. The van der Waals surface area contributed by atoms with Gasteiger partial charge in [0.1, 0.15) is 5.82 Å². The average Bonchev–Trinajstić information content (AvgIpc) is 1.59. The molecule has 1 aromatic heterocycles. The van der Waals surface area contributed by atoms with Gasteiger partial charge in [-0.2, -0.15) is 0 Å². The molecule has 0 unspecified atom stereocenters. The van der Waals surface area contributed by atoms with E-state index in [1.165, 1.54) is 0 Å². The van der Waals surface area contributed by atoms with E-state index in [1.54, 1.807) is 0 Å². The average molecular weight is 225 g/mol. The van der Waals surface area contributed by atoms with Crippen LogP contribution >= 0.6 is 0 Å². The summed E-state index contributed by atoms with van der Waals surface area (Å²) in [5.74, 6) is 0.823. The Morgan fingerprint density at radius 2 is 1.36 bits per heavy atom. The fourth-order valence-electron chi connectivity index (χ4n) is 0.828. The van der Waals surface area contributed by atoms with E-state index in [1.807, 2.05) is 20.8 Å². The van der Waals surface area contributed by atoms with Crippen LogP contribution in [0.25, 0.3) is 0 Å². The summed E-state index contributed by atoms with van der Waals surface area (Å²) >= 11 is 0. The Labute approximate surface area is 93.7 Å². The monoisotopic (exact) mass is 225 g/mol. The minimum atomic E-state index is 0. The van der Waals surface area contributed by atoms with Crippen molar-refractivity contribution < 1.29 is 32.7 Å². The van der Waals surface area contributed by atoms with Gasteiger partial charge in [0.2, 0.25) is 0 Å². The number of hydrogen-bond acceptors (Lipinski definition) is 2. The maximum absolute atomic E-state index is 4.07. The van der Waals surface area contributed by atoms with Crippen molar-refractivity contribution in [3.63, 3.8) is 0 Å². The van der Waals surface area contributed by atoms with Gasteiger partial charge in [0.15, 0.2) is 0 Å². The Bertz CT molecular complexity index is 173. The minimum absolute atomic E-state index is 0. The fraction of sp³-hybridized carbons (Fsp3) is 0.375. The van der Waals surface area contributed by atoms with Gasteiger partial charge in [-0.1, -0.05) is 13.8 Å². The summed E-state index contributed by atoms with van der Waals surface area (Å²) in [6.07, 6.45) is 0. The van der Waals surface area contributed by atoms with Crippen molar-refractivity contribution in [2.75, 3.05) is 0 Å². The summed E-state index contributed by atoms with van der Waals surface area (Å²) < 4.78 is 0. The van der Waals surface area contributed by atoms with Crippen LogP contribution in [0, 0.1) is 34.3 Å². The van der Waals surface area contributed by atoms with Crippen LogP contribution < -0.4 is 0 Å². The molecule has 2 nitrogen and oxygen atoms in total. The molecular formula is C8H12N2Y+. The van der Waals surface area contributed by atoms with Gasteiger partial charge in [0, 0.05) is 0 Å². The molecule has 0 fully saturated rings. The van der Waals surface area contributed by atoms with Crippen molar-refractivity contribution in [3.8, 4) is 0 Å². The van der Waals surface area contributed by atoms with Crippen LogP contribution in [-0.2, 0) is 32.7 Å². The van der Waals surface area contributed by atoms with E-state index in [0.29, 0.717) is 0 Å². The molecule has 0 aliphatic rings. The van der Waals surface area contributed by atoms with Gasteiger partial charge in [-0.05, 0) is 6.92 Å². The number of hydrogen-bond donors (Lipinski definition) is 0. The van der Waals surface area contributed by atoms with E-state index in [4.69, 9.17) is 0 Å². The molecule has 1 heterocycles. The third-order valence-electron chi connectivity index (χ3n) is 1.02. The van der Waals surface area contributed by atoms with Crippen molar-refractivity contribution in [2.45, 2.75) is 20.8 Å². The molecule has 0 atom stereocenters. The Morgan fingerprint density at radius 3 is 1.64 bits per heavy atom. The molecule has 0 bridgehead atoms. The molecule has 0 aliphatic carbocycles. The first-order chi connectivity index (χ1) is 4.18. The topological polar surface area (TPSA) is 25.8 Å². The van der Waals surface area contributed by atoms with E-state index < -0.39 is 0 Å². The zero-order chi connectivity index (χ0) is 6.85. The van der Waals surface area contributed by atoms with Crippen LogP contribution in [0.2, 0.25) is 0 Å².